The lowest BCUT2D eigenvalue weighted by Crippen LogP contribution is -2.25. The lowest BCUT2D eigenvalue weighted by atomic mass is 10.2. The van der Waals surface area contributed by atoms with Gasteiger partial charge in [-0.15, -0.1) is 10.2 Å². The molecule has 6 heteroatoms. The van der Waals surface area contributed by atoms with Crippen LogP contribution in [-0.4, -0.2) is 22.6 Å². The maximum atomic E-state index is 12.8. The summed E-state index contributed by atoms with van der Waals surface area (Å²) in [7, 11) is 0. The Bertz CT molecular complexity index is 599. The van der Waals surface area contributed by atoms with Crippen LogP contribution in [0.25, 0.3) is 0 Å². The predicted molar refractivity (Wildman–Crippen MR) is 83.6 cm³/mol. The van der Waals surface area contributed by atoms with E-state index >= 15 is 0 Å². The van der Waals surface area contributed by atoms with Crippen molar-refractivity contribution < 1.29 is 9.18 Å². The van der Waals surface area contributed by atoms with Crippen LogP contribution in [0.1, 0.15) is 36.7 Å². The Hall–Kier alpha value is -2.50. The number of unbranched alkanes of at least 4 members (excludes halogenated alkanes) is 2. The van der Waals surface area contributed by atoms with Gasteiger partial charge in [-0.25, -0.2) is 4.39 Å². The third kappa shape index (κ3) is 4.80. The highest BCUT2D eigenvalue weighted by Crippen LogP contribution is 2.14. The van der Waals surface area contributed by atoms with Crippen molar-refractivity contribution in [3.8, 4) is 0 Å². The summed E-state index contributed by atoms with van der Waals surface area (Å²) in [5.74, 6) is -0.0298. The standard InChI is InChI=1S/C16H19FN4O/c1-2-3-4-11-18-16(22)14-9-10-15(21-20-14)19-13-7-5-12(17)6-8-13/h5-10H,2-4,11H2,1H3,(H,18,22)(H,19,21). The normalized spacial score (nSPS) is 10.3. The van der Waals surface area contributed by atoms with Crippen LogP contribution in [0.5, 0.6) is 0 Å². The molecule has 2 aromatic rings. The van der Waals surface area contributed by atoms with Crippen LogP contribution in [0, 0.1) is 5.82 Å². The van der Waals surface area contributed by atoms with E-state index in [0.717, 1.165) is 19.3 Å². The van der Waals surface area contributed by atoms with Crippen LogP contribution >= 0.6 is 0 Å². The van der Waals surface area contributed by atoms with Crippen molar-refractivity contribution in [2.45, 2.75) is 26.2 Å². The summed E-state index contributed by atoms with van der Waals surface area (Å²) in [6, 6.07) is 9.18. The molecule has 0 bridgehead atoms. The number of benzene rings is 1. The molecular weight excluding hydrogens is 283 g/mol. The first-order valence-corrected chi connectivity index (χ1v) is 7.33. The average Bonchev–Trinajstić information content (AvgIpc) is 2.54. The van der Waals surface area contributed by atoms with Crippen molar-refractivity contribution in [2.75, 3.05) is 11.9 Å². The second-order valence-corrected chi connectivity index (χ2v) is 4.90. The van der Waals surface area contributed by atoms with Crippen LogP contribution in [-0.2, 0) is 0 Å². The molecule has 0 spiro atoms. The summed E-state index contributed by atoms with van der Waals surface area (Å²) >= 11 is 0. The fraction of sp³-hybridized carbons (Fsp3) is 0.312. The molecule has 0 aliphatic heterocycles. The van der Waals surface area contributed by atoms with Crippen molar-refractivity contribution in [3.05, 3.63) is 47.9 Å². The Balaban J connectivity index is 1.89. The van der Waals surface area contributed by atoms with Crippen molar-refractivity contribution in [1.29, 1.82) is 0 Å². The maximum Gasteiger partial charge on any atom is 0.271 e. The van der Waals surface area contributed by atoms with E-state index in [1.807, 2.05) is 0 Å². The Kier molecular flexibility index (Phi) is 5.82. The third-order valence-corrected chi connectivity index (χ3v) is 3.08. The van der Waals surface area contributed by atoms with Gasteiger partial charge in [-0.3, -0.25) is 4.79 Å². The SMILES string of the molecule is CCCCCNC(=O)c1ccc(Nc2ccc(F)cc2)nn1. The largest absolute Gasteiger partial charge is 0.351 e. The van der Waals surface area contributed by atoms with Crippen LogP contribution in [0.15, 0.2) is 36.4 Å². The number of aromatic nitrogens is 2. The van der Waals surface area contributed by atoms with Crippen molar-refractivity contribution in [2.24, 2.45) is 0 Å². The zero-order valence-corrected chi connectivity index (χ0v) is 12.5. The van der Waals surface area contributed by atoms with Gasteiger partial charge >= 0.3 is 0 Å². The van der Waals surface area contributed by atoms with E-state index in [-0.39, 0.29) is 17.4 Å². The fourth-order valence-corrected chi connectivity index (χ4v) is 1.87. The van der Waals surface area contributed by atoms with Gasteiger partial charge in [0.15, 0.2) is 11.5 Å². The van der Waals surface area contributed by atoms with Gasteiger partial charge in [0.2, 0.25) is 0 Å². The van der Waals surface area contributed by atoms with Crippen LogP contribution in [0.4, 0.5) is 15.9 Å². The Morgan fingerprint density at radius 3 is 2.50 bits per heavy atom. The average molecular weight is 302 g/mol. The summed E-state index contributed by atoms with van der Waals surface area (Å²) < 4.78 is 12.8. The molecule has 0 saturated carbocycles. The number of halogens is 1. The van der Waals surface area contributed by atoms with Gasteiger partial charge < -0.3 is 10.6 Å². The second-order valence-electron chi connectivity index (χ2n) is 4.90. The summed E-state index contributed by atoms with van der Waals surface area (Å²) in [6.45, 7) is 2.75. The van der Waals surface area contributed by atoms with Crippen molar-refractivity contribution in [1.82, 2.24) is 15.5 Å². The first-order valence-electron chi connectivity index (χ1n) is 7.33. The minimum absolute atomic E-state index is 0.225. The number of carbonyl (C=O) groups is 1. The van der Waals surface area contributed by atoms with E-state index in [0.29, 0.717) is 18.1 Å². The zero-order valence-electron chi connectivity index (χ0n) is 12.5. The Labute approximate surface area is 129 Å². The maximum absolute atomic E-state index is 12.8. The highest BCUT2D eigenvalue weighted by molar-refractivity contribution is 5.92. The van der Waals surface area contributed by atoms with E-state index in [1.54, 1.807) is 24.3 Å². The quantitative estimate of drug-likeness (QED) is 0.770. The van der Waals surface area contributed by atoms with E-state index < -0.39 is 0 Å². The monoisotopic (exact) mass is 302 g/mol. The highest BCUT2D eigenvalue weighted by atomic mass is 19.1. The summed E-state index contributed by atoms with van der Waals surface area (Å²) in [5.41, 5.74) is 0.980. The molecule has 1 heterocycles. The number of nitrogens with zero attached hydrogens (tertiary/aromatic N) is 2. The number of amides is 1. The molecule has 2 N–H and O–H groups in total. The molecule has 0 radical (unpaired) electrons. The molecule has 0 aliphatic rings. The lowest BCUT2D eigenvalue weighted by Gasteiger charge is -2.06. The molecule has 0 aliphatic carbocycles. The minimum atomic E-state index is -0.299. The topological polar surface area (TPSA) is 66.9 Å². The first-order chi connectivity index (χ1) is 10.7. The van der Waals surface area contributed by atoms with Gasteiger partial charge in [0, 0.05) is 12.2 Å². The lowest BCUT2D eigenvalue weighted by molar-refractivity contribution is 0.0947. The van der Waals surface area contributed by atoms with E-state index in [9.17, 15) is 9.18 Å². The number of hydrogen-bond donors (Lipinski definition) is 2. The molecule has 5 nitrogen and oxygen atoms in total. The molecule has 1 aromatic carbocycles. The van der Waals surface area contributed by atoms with Crippen molar-refractivity contribution in [3.63, 3.8) is 0 Å². The predicted octanol–water partition coefficient (Wildman–Crippen LogP) is 3.28. The van der Waals surface area contributed by atoms with Crippen LogP contribution < -0.4 is 10.6 Å². The van der Waals surface area contributed by atoms with E-state index in [4.69, 9.17) is 0 Å². The molecular formula is C16H19FN4O. The minimum Gasteiger partial charge on any atom is -0.351 e. The molecule has 116 valence electrons. The number of rotatable bonds is 7. The van der Waals surface area contributed by atoms with Gasteiger partial charge in [0.1, 0.15) is 5.82 Å². The highest BCUT2D eigenvalue weighted by Gasteiger charge is 2.07. The first kappa shape index (κ1) is 15.9. The number of carbonyl (C=O) groups excluding carboxylic acids is 1. The van der Waals surface area contributed by atoms with Crippen molar-refractivity contribution >= 4 is 17.4 Å². The summed E-state index contributed by atoms with van der Waals surface area (Å²) in [4.78, 5) is 11.8. The molecule has 0 atom stereocenters. The summed E-state index contributed by atoms with van der Waals surface area (Å²) in [6.07, 6.45) is 3.16. The van der Waals surface area contributed by atoms with Gasteiger partial charge in [-0.1, -0.05) is 19.8 Å². The molecule has 22 heavy (non-hydrogen) atoms. The van der Waals surface area contributed by atoms with E-state index in [1.165, 1.54) is 12.1 Å². The molecule has 0 unspecified atom stereocenters. The Morgan fingerprint density at radius 2 is 1.86 bits per heavy atom. The number of anilines is 2. The molecule has 0 fully saturated rings. The molecule has 0 saturated heterocycles. The van der Waals surface area contributed by atoms with Crippen LogP contribution in [0.3, 0.4) is 0 Å². The van der Waals surface area contributed by atoms with E-state index in [2.05, 4.69) is 27.8 Å². The van der Waals surface area contributed by atoms with Gasteiger partial charge in [-0.05, 0) is 42.8 Å². The van der Waals surface area contributed by atoms with Gasteiger partial charge in [-0.2, -0.15) is 0 Å². The Morgan fingerprint density at radius 1 is 1.09 bits per heavy atom. The molecule has 1 amide bonds. The zero-order chi connectivity index (χ0) is 15.8. The van der Waals surface area contributed by atoms with Gasteiger partial charge in [0.25, 0.3) is 5.91 Å². The number of hydrogen-bond acceptors (Lipinski definition) is 4. The second kappa shape index (κ2) is 8.07. The molecule has 1 aromatic heterocycles. The third-order valence-electron chi connectivity index (χ3n) is 3.08. The fourth-order valence-electron chi connectivity index (χ4n) is 1.87. The van der Waals surface area contributed by atoms with Gasteiger partial charge in [0.05, 0.1) is 0 Å². The number of nitrogens with one attached hydrogen (secondary N) is 2. The molecule has 2 rings (SSSR count). The van der Waals surface area contributed by atoms with Crippen LogP contribution in [0.2, 0.25) is 0 Å². The summed E-state index contributed by atoms with van der Waals surface area (Å²) in [5, 5.41) is 13.6. The smallest absolute Gasteiger partial charge is 0.271 e.